The fraction of sp³-hybridized carbons (Fsp3) is 0.308. The average molecular weight is 359 g/mol. The summed E-state index contributed by atoms with van der Waals surface area (Å²) in [7, 11) is -0.147. The minimum atomic E-state index is -3.44. The van der Waals surface area contributed by atoms with Crippen molar-refractivity contribution >= 4 is 36.9 Å². The van der Waals surface area contributed by atoms with Crippen LogP contribution in [-0.4, -0.2) is 53.2 Å². The van der Waals surface area contributed by atoms with Crippen LogP contribution >= 0.6 is 22.0 Å². The molecule has 2 heterocycles. The lowest BCUT2D eigenvalue weighted by Gasteiger charge is -2.16. The summed E-state index contributed by atoms with van der Waals surface area (Å²) in [5.41, 5.74) is 0.560. The van der Waals surface area contributed by atoms with E-state index in [1.54, 1.807) is 13.0 Å². The van der Waals surface area contributed by atoms with E-state index >= 15 is 0 Å². The average Bonchev–Trinajstić information content (AvgIpc) is 2.86. The molecule has 0 saturated heterocycles. The van der Waals surface area contributed by atoms with Crippen molar-refractivity contribution in [2.75, 3.05) is 20.4 Å². The van der Waals surface area contributed by atoms with Crippen molar-refractivity contribution in [3.05, 3.63) is 24.4 Å². The van der Waals surface area contributed by atoms with Gasteiger partial charge in [-0.2, -0.15) is 0 Å². The van der Waals surface area contributed by atoms with Crippen LogP contribution in [0, 0.1) is 0 Å². The molecule has 0 aliphatic rings. The van der Waals surface area contributed by atoms with E-state index in [-0.39, 0.29) is 5.16 Å². The number of thiophene rings is 1. The molecule has 0 fully saturated rings. The molecular formula is C13H17N3O3S3. The fourth-order valence-electron chi connectivity index (χ4n) is 1.81. The van der Waals surface area contributed by atoms with Gasteiger partial charge in [0, 0.05) is 12.5 Å². The van der Waals surface area contributed by atoms with Gasteiger partial charge in [0.2, 0.25) is 15.0 Å². The maximum atomic E-state index is 11.5. The second-order valence-electron chi connectivity index (χ2n) is 4.73. The number of hydrogen-bond donors (Lipinski definition) is 1. The number of aromatic nitrogens is 2. The Morgan fingerprint density at radius 3 is 2.55 bits per heavy atom. The SMILES string of the molecule is C/C(O)=S(\c1ccc(-c2ccnc(S(C)(=O)=O)n2)s1)N(C)C. The predicted octanol–water partition coefficient (Wildman–Crippen LogP) is 2.42. The van der Waals surface area contributed by atoms with Crippen molar-refractivity contribution in [1.29, 1.82) is 0 Å². The number of sulfone groups is 1. The van der Waals surface area contributed by atoms with Crippen molar-refractivity contribution < 1.29 is 13.5 Å². The highest BCUT2D eigenvalue weighted by molar-refractivity contribution is 8.15. The molecular weight excluding hydrogens is 342 g/mol. The lowest BCUT2D eigenvalue weighted by Crippen LogP contribution is -2.07. The standard InChI is InChI=1S/C13H17N3O3S3/c1-9(17)21(16(2)3)12-6-5-11(20-12)10-7-8-14-13(15-10)22(4,18)19/h5-8,17H,1-4H3. The van der Waals surface area contributed by atoms with E-state index in [0.29, 0.717) is 10.7 Å². The van der Waals surface area contributed by atoms with E-state index in [1.807, 2.05) is 30.5 Å². The molecule has 0 radical (unpaired) electrons. The Morgan fingerprint density at radius 2 is 2.00 bits per heavy atom. The first-order valence-electron chi connectivity index (χ1n) is 6.27. The van der Waals surface area contributed by atoms with E-state index < -0.39 is 20.5 Å². The number of nitrogens with zero attached hydrogens (tertiary/aromatic N) is 3. The highest BCUT2D eigenvalue weighted by Gasteiger charge is 2.15. The van der Waals surface area contributed by atoms with Gasteiger partial charge in [-0.1, -0.05) is 10.7 Å². The molecule has 9 heteroatoms. The van der Waals surface area contributed by atoms with Gasteiger partial charge >= 0.3 is 0 Å². The van der Waals surface area contributed by atoms with Gasteiger partial charge in [0.1, 0.15) is 0 Å². The second kappa shape index (κ2) is 6.55. The molecule has 0 aromatic carbocycles. The first kappa shape index (κ1) is 17.2. The zero-order valence-corrected chi connectivity index (χ0v) is 15.1. The van der Waals surface area contributed by atoms with Crippen molar-refractivity contribution in [2.24, 2.45) is 0 Å². The van der Waals surface area contributed by atoms with Crippen LogP contribution in [0.4, 0.5) is 0 Å². The third-order valence-corrected chi connectivity index (χ3v) is 6.93. The lowest BCUT2D eigenvalue weighted by molar-refractivity contribution is 0.561. The van der Waals surface area contributed by atoms with E-state index in [1.165, 1.54) is 17.5 Å². The van der Waals surface area contributed by atoms with Crippen LogP contribution in [0.25, 0.3) is 10.6 Å². The summed E-state index contributed by atoms with van der Waals surface area (Å²) >= 11 is 1.47. The molecule has 0 spiro atoms. The number of hydrogen-bond acceptors (Lipinski definition) is 6. The quantitative estimate of drug-likeness (QED) is 0.667. The maximum absolute atomic E-state index is 11.5. The zero-order chi connectivity index (χ0) is 16.5. The molecule has 1 atom stereocenters. The minimum absolute atomic E-state index is 0.184. The Bertz CT molecular complexity index is 822. The highest BCUT2D eigenvalue weighted by atomic mass is 32.2. The monoisotopic (exact) mass is 359 g/mol. The Balaban J connectivity index is 2.47. The Morgan fingerprint density at radius 1 is 1.32 bits per heavy atom. The van der Waals surface area contributed by atoms with Crippen molar-refractivity contribution in [1.82, 2.24) is 14.3 Å². The zero-order valence-electron chi connectivity index (χ0n) is 12.6. The fourth-order valence-corrected chi connectivity index (χ4v) is 5.80. The predicted molar refractivity (Wildman–Crippen MR) is 91.3 cm³/mol. The van der Waals surface area contributed by atoms with Crippen LogP contribution in [0.5, 0.6) is 0 Å². The Kier molecular flexibility index (Phi) is 5.13. The summed E-state index contributed by atoms with van der Waals surface area (Å²) in [6.45, 7) is 1.68. The van der Waals surface area contributed by atoms with Gasteiger partial charge in [-0.3, -0.25) is 4.31 Å². The molecule has 1 unspecified atom stereocenters. The van der Waals surface area contributed by atoms with Gasteiger partial charge in [0.15, 0.2) is 0 Å². The first-order chi connectivity index (χ1) is 10.2. The normalized spacial score (nSPS) is 14.2. The molecule has 6 nitrogen and oxygen atoms in total. The Labute approximate surface area is 136 Å². The molecule has 2 rings (SSSR count). The molecule has 0 aliphatic heterocycles. The summed E-state index contributed by atoms with van der Waals surface area (Å²) in [5, 5.41) is 10.0. The molecule has 0 aliphatic carbocycles. The van der Waals surface area contributed by atoms with E-state index in [0.717, 1.165) is 15.3 Å². The van der Waals surface area contributed by atoms with Crippen LogP contribution in [-0.2, 0) is 9.84 Å². The van der Waals surface area contributed by atoms with E-state index in [9.17, 15) is 13.5 Å². The van der Waals surface area contributed by atoms with Crippen LogP contribution in [0.3, 0.4) is 0 Å². The molecule has 22 heavy (non-hydrogen) atoms. The molecule has 0 bridgehead atoms. The second-order valence-corrected chi connectivity index (χ2v) is 10.3. The smallest absolute Gasteiger partial charge is 0.247 e. The minimum Gasteiger partial charge on any atom is -0.358 e. The molecule has 2 aromatic heterocycles. The van der Waals surface area contributed by atoms with Crippen LogP contribution in [0.15, 0.2) is 33.8 Å². The molecule has 0 saturated carbocycles. The number of aliphatic hydroxyl groups excluding tert-OH is 1. The van der Waals surface area contributed by atoms with E-state index in [4.69, 9.17) is 0 Å². The topological polar surface area (TPSA) is 83.4 Å². The third kappa shape index (κ3) is 3.79. The van der Waals surface area contributed by atoms with Crippen LogP contribution < -0.4 is 0 Å². The van der Waals surface area contributed by atoms with Gasteiger partial charge in [0.05, 0.1) is 19.8 Å². The molecule has 0 amide bonds. The molecule has 120 valence electrons. The van der Waals surface area contributed by atoms with Crippen LogP contribution in [0.1, 0.15) is 6.92 Å². The van der Waals surface area contributed by atoms with Crippen molar-refractivity contribution in [3.8, 4) is 10.6 Å². The van der Waals surface area contributed by atoms with Gasteiger partial charge < -0.3 is 5.11 Å². The summed E-state index contributed by atoms with van der Waals surface area (Å²) in [6.07, 6.45) is 2.52. The highest BCUT2D eigenvalue weighted by Crippen LogP contribution is 2.38. The number of rotatable bonds is 4. The summed E-state index contributed by atoms with van der Waals surface area (Å²) in [4.78, 5) is 8.73. The summed E-state index contributed by atoms with van der Waals surface area (Å²) in [6, 6.07) is 5.47. The summed E-state index contributed by atoms with van der Waals surface area (Å²) in [5.74, 6) is 0. The molecule has 2 aromatic rings. The first-order valence-corrected chi connectivity index (χ1v) is 10.2. The van der Waals surface area contributed by atoms with E-state index in [2.05, 4.69) is 9.97 Å². The van der Waals surface area contributed by atoms with Crippen molar-refractivity contribution in [3.63, 3.8) is 0 Å². The Hall–Kier alpha value is -1.13. The maximum Gasteiger partial charge on any atom is 0.247 e. The lowest BCUT2D eigenvalue weighted by atomic mass is 10.3. The largest absolute Gasteiger partial charge is 0.358 e. The van der Waals surface area contributed by atoms with Gasteiger partial charge in [-0.05, 0) is 39.2 Å². The van der Waals surface area contributed by atoms with Crippen molar-refractivity contribution in [2.45, 2.75) is 16.3 Å². The summed E-state index contributed by atoms with van der Waals surface area (Å²) < 4.78 is 26.0. The van der Waals surface area contributed by atoms with Gasteiger partial charge in [-0.15, -0.1) is 11.3 Å². The van der Waals surface area contributed by atoms with Gasteiger partial charge in [0.25, 0.3) is 0 Å². The molecule has 1 N–H and O–H groups in total. The van der Waals surface area contributed by atoms with Crippen LogP contribution in [0.2, 0.25) is 0 Å². The number of aliphatic hydroxyl groups is 1. The third-order valence-electron chi connectivity index (χ3n) is 2.63. The van der Waals surface area contributed by atoms with Gasteiger partial charge in [-0.25, -0.2) is 18.4 Å².